The number of aryl methyl sites for hydroxylation is 3. The lowest BCUT2D eigenvalue weighted by Crippen LogP contribution is -2.31. The first-order valence-corrected chi connectivity index (χ1v) is 5.69. The van der Waals surface area contributed by atoms with Gasteiger partial charge in [-0.2, -0.15) is 0 Å². The van der Waals surface area contributed by atoms with Crippen molar-refractivity contribution in [2.75, 3.05) is 18.5 Å². The Bertz CT molecular complexity index is 391. The fourth-order valence-corrected chi connectivity index (χ4v) is 1.64. The van der Waals surface area contributed by atoms with Crippen molar-refractivity contribution in [1.82, 2.24) is 5.32 Å². The van der Waals surface area contributed by atoms with E-state index in [-0.39, 0.29) is 6.61 Å². The van der Waals surface area contributed by atoms with Crippen LogP contribution < -0.4 is 10.6 Å². The van der Waals surface area contributed by atoms with Gasteiger partial charge in [-0.3, -0.25) is 0 Å². The van der Waals surface area contributed by atoms with E-state index in [1.165, 1.54) is 11.1 Å². The standard InChI is InChI=1S/C12H18N2OS/c1-8-6-10(3)11(7-9(8)2)14-12(16)13-4-5-15/h6-7,15H,4-5H2,1-3H3,(H2,13,14,16). The first kappa shape index (κ1) is 12.9. The van der Waals surface area contributed by atoms with Crippen LogP contribution >= 0.6 is 12.2 Å². The number of aliphatic hydroxyl groups is 1. The summed E-state index contributed by atoms with van der Waals surface area (Å²) in [6.45, 7) is 6.76. The molecule has 16 heavy (non-hydrogen) atoms. The zero-order chi connectivity index (χ0) is 12.1. The monoisotopic (exact) mass is 238 g/mol. The average molecular weight is 238 g/mol. The third kappa shape index (κ3) is 3.47. The van der Waals surface area contributed by atoms with Crippen molar-refractivity contribution >= 4 is 23.0 Å². The van der Waals surface area contributed by atoms with E-state index in [2.05, 4.69) is 36.6 Å². The molecular weight excluding hydrogens is 220 g/mol. The lowest BCUT2D eigenvalue weighted by atomic mass is 10.1. The number of hydrogen-bond donors (Lipinski definition) is 3. The number of nitrogens with one attached hydrogen (secondary N) is 2. The predicted molar refractivity (Wildman–Crippen MR) is 72.0 cm³/mol. The SMILES string of the molecule is Cc1cc(C)c(NC(=S)NCCO)cc1C. The Morgan fingerprint density at radius 2 is 1.81 bits per heavy atom. The summed E-state index contributed by atoms with van der Waals surface area (Å²) in [6.07, 6.45) is 0. The van der Waals surface area contributed by atoms with Crippen molar-refractivity contribution in [2.24, 2.45) is 0 Å². The second kappa shape index (κ2) is 5.82. The minimum Gasteiger partial charge on any atom is -0.395 e. The van der Waals surface area contributed by atoms with Crippen molar-refractivity contribution in [3.63, 3.8) is 0 Å². The number of aliphatic hydroxyl groups excluding tert-OH is 1. The molecular formula is C12H18N2OS. The van der Waals surface area contributed by atoms with Crippen molar-refractivity contribution in [1.29, 1.82) is 0 Å². The van der Waals surface area contributed by atoms with Gasteiger partial charge in [-0.15, -0.1) is 0 Å². The Kier molecular flexibility index (Phi) is 4.71. The quantitative estimate of drug-likeness (QED) is 0.704. The molecule has 1 aromatic carbocycles. The van der Waals surface area contributed by atoms with Crippen molar-refractivity contribution in [3.05, 3.63) is 28.8 Å². The summed E-state index contributed by atoms with van der Waals surface area (Å²) in [7, 11) is 0. The molecule has 3 N–H and O–H groups in total. The molecule has 0 heterocycles. The van der Waals surface area contributed by atoms with Gasteiger partial charge in [0.2, 0.25) is 0 Å². The summed E-state index contributed by atoms with van der Waals surface area (Å²) in [5.74, 6) is 0. The third-order valence-electron chi connectivity index (χ3n) is 2.49. The second-order valence-corrected chi connectivity index (χ2v) is 4.26. The first-order valence-electron chi connectivity index (χ1n) is 5.28. The molecule has 0 saturated carbocycles. The normalized spacial score (nSPS) is 10.0. The molecule has 0 aliphatic rings. The molecule has 1 aromatic rings. The molecule has 0 saturated heterocycles. The van der Waals surface area contributed by atoms with Crippen LogP contribution in [0.5, 0.6) is 0 Å². The summed E-state index contributed by atoms with van der Waals surface area (Å²) in [5.41, 5.74) is 4.69. The summed E-state index contributed by atoms with van der Waals surface area (Å²) in [5, 5.41) is 15.2. The van der Waals surface area contributed by atoms with Gasteiger partial charge in [0.15, 0.2) is 5.11 Å². The van der Waals surface area contributed by atoms with Crippen LogP contribution in [0.25, 0.3) is 0 Å². The molecule has 0 fully saturated rings. The maximum absolute atomic E-state index is 8.67. The summed E-state index contributed by atoms with van der Waals surface area (Å²) < 4.78 is 0. The van der Waals surface area contributed by atoms with E-state index in [1.807, 2.05) is 6.92 Å². The molecule has 0 amide bonds. The van der Waals surface area contributed by atoms with Gasteiger partial charge in [0.05, 0.1) is 6.61 Å². The molecule has 0 radical (unpaired) electrons. The molecule has 0 aliphatic heterocycles. The molecule has 0 bridgehead atoms. The summed E-state index contributed by atoms with van der Waals surface area (Å²) in [6, 6.07) is 4.21. The van der Waals surface area contributed by atoms with Gasteiger partial charge in [0, 0.05) is 12.2 Å². The van der Waals surface area contributed by atoms with E-state index < -0.39 is 0 Å². The van der Waals surface area contributed by atoms with Gasteiger partial charge in [-0.05, 0) is 55.7 Å². The molecule has 0 unspecified atom stereocenters. The van der Waals surface area contributed by atoms with E-state index in [4.69, 9.17) is 17.3 Å². The van der Waals surface area contributed by atoms with Crippen LogP contribution in [0, 0.1) is 20.8 Å². The number of hydrogen-bond acceptors (Lipinski definition) is 2. The number of anilines is 1. The van der Waals surface area contributed by atoms with Gasteiger partial charge >= 0.3 is 0 Å². The summed E-state index contributed by atoms with van der Waals surface area (Å²) >= 11 is 5.10. The van der Waals surface area contributed by atoms with Crippen molar-refractivity contribution in [3.8, 4) is 0 Å². The Balaban J connectivity index is 2.73. The highest BCUT2D eigenvalue weighted by atomic mass is 32.1. The van der Waals surface area contributed by atoms with Crippen molar-refractivity contribution < 1.29 is 5.11 Å². The van der Waals surface area contributed by atoms with Gasteiger partial charge < -0.3 is 15.7 Å². The van der Waals surface area contributed by atoms with Crippen LogP contribution in [0.2, 0.25) is 0 Å². The van der Waals surface area contributed by atoms with Crippen LogP contribution in [0.1, 0.15) is 16.7 Å². The van der Waals surface area contributed by atoms with E-state index >= 15 is 0 Å². The second-order valence-electron chi connectivity index (χ2n) is 3.86. The third-order valence-corrected chi connectivity index (χ3v) is 2.73. The van der Waals surface area contributed by atoms with Crippen LogP contribution in [0.3, 0.4) is 0 Å². The minimum absolute atomic E-state index is 0.0771. The van der Waals surface area contributed by atoms with Crippen LogP contribution in [0.4, 0.5) is 5.69 Å². The first-order chi connectivity index (χ1) is 7.54. The van der Waals surface area contributed by atoms with Crippen LogP contribution in [-0.2, 0) is 0 Å². The zero-order valence-corrected chi connectivity index (χ0v) is 10.7. The molecule has 0 spiro atoms. The van der Waals surface area contributed by atoms with Gasteiger partial charge in [-0.1, -0.05) is 6.07 Å². The van der Waals surface area contributed by atoms with E-state index in [0.717, 1.165) is 11.3 Å². The van der Waals surface area contributed by atoms with Gasteiger partial charge in [-0.25, -0.2) is 0 Å². The maximum atomic E-state index is 8.67. The zero-order valence-electron chi connectivity index (χ0n) is 9.92. The fourth-order valence-electron chi connectivity index (χ4n) is 1.43. The lowest BCUT2D eigenvalue weighted by molar-refractivity contribution is 0.301. The highest BCUT2D eigenvalue weighted by Crippen LogP contribution is 2.19. The van der Waals surface area contributed by atoms with Crippen LogP contribution in [-0.4, -0.2) is 23.4 Å². The predicted octanol–water partition coefficient (Wildman–Crippen LogP) is 1.89. The van der Waals surface area contributed by atoms with Gasteiger partial charge in [0.1, 0.15) is 0 Å². The highest BCUT2D eigenvalue weighted by Gasteiger charge is 2.03. The Labute approximate surface area is 102 Å². The smallest absolute Gasteiger partial charge is 0.170 e. The average Bonchev–Trinajstić information content (AvgIpc) is 2.23. The van der Waals surface area contributed by atoms with E-state index in [0.29, 0.717) is 11.7 Å². The van der Waals surface area contributed by atoms with E-state index in [1.54, 1.807) is 0 Å². The number of rotatable bonds is 3. The largest absolute Gasteiger partial charge is 0.395 e. The maximum Gasteiger partial charge on any atom is 0.170 e. The Morgan fingerprint density at radius 3 is 2.44 bits per heavy atom. The van der Waals surface area contributed by atoms with Crippen LogP contribution in [0.15, 0.2) is 12.1 Å². The molecule has 0 aromatic heterocycles. The lowest BCUT2D eigenvalue weighted by Gasteiger charge is -2.13. The Hall–Kier alpha value is -1.13. The molecule has 3 nitrogen and oxygen atoms in total. The molecule has 0 aliphatic carbocycles. The molecule has 88 valence electrons. The Morgan fingerprint density at radius 1 is 1.19 bits per heavy atom. The van der Waals surface area contributed by atoms with Crippen molar-refractivity contribution in [2.45, 2.75) is 20.8 Å². The topological polar surface area (TPSA) is 44.3 Å². The highest BCUT2D eigenvalue weighted by molar-refractivity contribution is 7.80. The molecule has 1 rings (SSSR count). The minimum atomic E-state index is 0.0771. The molecule has 0 atom stereocenters. The summed E-state index contributed by atoms with van der Waals surface area (Å²) in [4.78, 5) is 0. The fraction of sp³-hybridized carbons (Fsp3) is 0.417. The number of thiocarbonyl (C=S) groups is 1. The van der Waals surface area contributed by atoms with E-state index in [9.17, 15) is 0 Å². The van der Waals surface area contributed by atoms with Gasteiger partial charge in [0.25, 0.3) is 0 Å². The molecule has 4 heteroatoms. The number of benzene rings is 1.